The van der Waals surface area contributed by atoms with Crippen LogP contribution in [0.1, 0.15) is 0 Å². The average Bonchev–Trinajstić information content (AvgIpc) is 2.15. The minimum Gasteiger partial charge on any atom is -0.390 e. The number of hydrogen-bond donors (Lipinski definition) is 2. The van der Waals surface area contributed by atoms with Gasteiger partial charge in [-0.15, -0.1) is 0 Å². The van der Waals surface area contributed by atoms with E-state index in [0.717, 1.165) is 0 Å². The predicted octanol–water partition coefficient (Wildman–Crippen LogP) is 1.92. The quantitative estimate of drug-likeness (QED) is 0.870. The molecule has 0 bridgehead atoms. The number of likely N-dealkylation sites (N-methyl/N-ethyl adjacent to an activating group) is 1. The number of nitrogens with one attached hydrogen (secondary N) is 1. The van der Waals surface area contributed by atoms with Crippen LogP contribution in [0.2, 0.25) is 0 Å². The second kappa shape index (κ2) is 6.18. The van der Waals surface area contributed by atoms with E-state index >= 15 is 0 Å². The molecule has 0 aliphatic heterocycles. The number of aliphatic hydroxyl groups excluding tert-OH is 1. The molecule has 3 nitrogen and oxygen atoms in total. The van der Waals surface area contributed by atoms with Gasteiger partial charge < -0.3 is 15.3 Å². The van der Waals surface area contributed by atoms with Crippen molar-refractivity contribution < 1.29 is 9.50 Å². The molecule has 0 amide bonds. The van der Waals surface area contributed by atoms with Crippen molar-refractivity contribution in [3.63, 3.8) is 0 Å². The zero-order valence-corrected chi connectivity index (χ0v) is 11.0. The van der Waals surface area contributed by atoms with Gasteiger partial charge in [0, 0.05) is 17.6 Å². The van der Waals surface area contributed by atoms with E-state index in [2.05, 4.69) is 21.2 Å². The highest BCUT2D eigenvalue weighted by molar-refractivity contribution is 9.10. The Morgan fingerprint density at radius 2 is 2.19 bits per heavy atom. The number of rotatable bonds is 5. The molecular weight excluding hydrogens is 275 g/mol. The zero-order valence-electron chi connectivity index (χ0n) is 9.37. The predicted molar refractivity (Wildman–Crippen MR) is 67.2 cm³/mol. The van der Waals surface area contributed by atoms with Crippen LogP contribution in [0.15, 0.2) is 22.7 Å². The number of halogens is 2. The van der Waals surface area contributed by atoms with Crippen molar-refractivity contribution in [1.29, 1.82) is 0 Å². The Morgan fingerprint density at radius 3 is 2.75 bits per heavy atom. The van der Waals surface area contributed by atoms with Crippen molar-refractivity contribution in [2.45, 2.75) is 6.10 Å². The number of hydrogen-bond acceptors (Lipinski definition) is 3. The molecule has 16 heavy (non-hydrogen) atoms. The molecule has 0 fully saturated rings. The Labute approximate surface area is 103 Å². The first-order valence-corrected chi connectivity index (χ1v) is 5.80. The molecule has 0 heterocycles. The molecule has 0 saturated carbocycles. The minimum absolute atomic E-state index is 0.317. The molecule has 0 aliphatic rings. The maximum atomic E-state index is 13.4. The van der Waals surface area contributed by atoms with Gasteiger partial charge >= 0.3 is 0 Å². The van der Waals surface area contributed by atoms with E-state index in [0.29, 0.717) is 23.2 Å². The largest absolute Gasteiger partial charge is 0.390 e. The van der Waals surface area contributed by atoms with Crippen LogP contribution < -0.4 is 5.32 Å². The van der Waals surface area contributed by atoms with E-state index in [1.165, 1.54) is 6.07 Å². The van der Waals surface area contributed by atoms with E-state index in [1.807, 2.05) is 19.0 Å². The zero-order chi connectivity index (χ0) is 12.1. The van der Waals surface area contributed by atoms with Crippen molar-refractivity contribution in [2.75, 3.05) is 32.5 Å². The molecular formula is C11H16BrFN2O. The van der Waals surface area contributed by atoms with Crippen LogP contribution in [0.3, 0.4) is 0 Å². The lowest BCUT2D eigenvalue weighted by atomic mass is 10.2. The fourth-order valence-electron chi connectivity index (χ4n) is 1.37. The highest BCUT2D eigenvalue weighted by Gasteiger charge is 2.09. The summed E-state index contributed by atoms with van der Waals surface area (Å²) in [5.74, 6) is -0.327. The van der Waals surface area contributed by atoms with Gasteiger partial charge in [-0.2, -0.15) is 0 Å². The van der Waals surface area contributed by atoms with Crippen molar-refractivity contribution in [2.24, 2.45) is 0 Å². The van der Waals surface area contributed by atoms with Crippen molar-refractivity contribution in [1.82, 2.24) is 4.90 Å². The van der Waals surface area contributed by atoms with Gasteiger partial charge in [0.2, 0.25) is 0 Å². The monoisotopic (exact) mass is 290 g/mol. The molecule has 0 spiro atoms. The summed E-state index contributed by atoms with van der Waals surface area (Å²) in [6, 6.07) is 4.76. The number of nitrogens with zero attached hydrogens (tertiary/aromatic N) is 1. The summed E-state index contributed by atoms with van der Waals surface area (Å²) < 4.78 is 14.0. The normalized spacial score (nSPS) is 12.9. The summed E-state index contributed by atoms with van der Waals surface area (Å²) in [6.45, 7) is 0.858. The van der Waals surface area contributed by atoms with Gasteiger partial charge in [0.25, 0.3) is 0 Å². The van der Waals surface area contributed by atoms with Crippen LogP contribution in [0, 0.1) is 5.82 Å². The molecule has 0 aliphatic carbocycles. The van der Waals surface area contributed by atoms with E-state index in [1.54, 1.807) is 12.1 Å². The molecule has 1 aromatic carbocycles. The Hall–Kier alpha value is -0.650. The number of benzene rings is 1. The highest BCUT2D eigenvalue weighted by Crippen LogP contribution is 2.24. The summed E-state index contributed by atoms with van der Waals surface area (Å²) >= 11 is 3.25. The molecule has 0 radical (unpaired) electrons. The Bertz CT molecular complexity index is 327. The number of anilines is 1. The van der Waals surface area contributed by atoms with Crippen LogP contribution in [-0.4, -0.2) is 43.3 Å². The maximum Gasteiger partial charge on any atom is 0.147 e. The Kier molecular flexibility index (Phi) is 5.18. The maximum absolute atomic E-state index is 13.4. The summed E-state index contributed by atoms with van der Waals surface area (Å²) in [7, 11) is 3.75. The van der Waals surface area contributed by atoms with Gasteiger partial charge in [-0.25, -0.2) is 4.39 Å². The summed E-state index contributed by atoms with van der Waals surface area (Å²) in [4.78, 5) is 1.88. The average molecular weight is 291 g/mol. The summed E-state index contributed by atoms with van der Waals surface area (Å²) in [6.07, 6.45) is -0.526. The molecule has 2 N–H and O–H groups in total. The van der Waals surface area contributed by atoms with Crippen molar-refractivity contribution in [3.05, 3.63) is 28.5 Å². The summed E-state index contributed by atoms with van der Waals surface area (Å²) in [5, 5.41) is 12.5. The minimum atomic E-state index is -0.526. The molecule has 1 aromatic rings. The molecule has 1 rings (SSSR count). The van der Waals surface area contributed by atoms with E-state index < -0.39 is 6.10 Å². The highest BCUT2D eigenvalue weighted by atomic mass is 79.9. The fraction of sp³-hybridized carbons (Fsp3) is 0.455. The van der Waals surface area contributed by atoms with Crippen molar-refractivity contribution in [3.8, 4) is 0 Å². The summed E-state index contributed by atoms with van der Waals surface area (Å²) in [5.41, 5.74) is 0.389. The van der Waals surface area contributed by atoms with Gasteiger partial charge in [0.1, 0.15) is 5.82 Å². The lowest BCUT2D eigenvalue weighted by Crippen LogP contribution is -2.31. The molecule has 90 valence electrons. The van der Waals surface area contributed by atoms with E-state index in [-0.39, 0.29) is 5.82 Å². The molecule has 1 unspecified atom stereocenters. The van der Waals surface area contributed by atoms with Gasteiger partial charge in [0.05, 0.1) is 11.8 Å². The second-order valence-corrected chi connectivity index (χ2v) is 4.75. The van der Waals surface area contributed by atoms with Crippen molar-refractivity contribution >= 4 is 21.6 Å². The SMILES string of the molecule is CN(C)CC(O)CNc1c(F)cccc1Br. The van der Waals surface area contributed by atoms with Crippen LogP contribution in [0.25, 0.3) is 0 Å². The van der Waals surface area contributed by atoms with Crippen LogP contribution in [-0.2, 0) is 0 Å². The topological polar surface area (TPSA) is 35.5 Å². The third kappa shape index (κ3) is 4.08. The lowest BCUT2D eigenvalue weighted by molar-refractivity contribution is 0.148. The number of aliphatic hydroxyl groups is 1. The second-order valence-electron chi connectivity index (χ2n) is 3.89. The molecule has 0 aromatic heterocycles. The fourth-order valence-corrected chi connectivity index (χ4v) is 1.85. The van der Waals surface area contributed by atoms with Gasteiger partial charge in [-0.05, 0) is 42.2 Å². The van der Waals surface area contributed by atoms with Gasteiger partial charge in [-0.1, -0.05) is 6.07 Å². The first kappa shape index (κ1) is 13.4. The van der Waals surface area contributed by atoms with E-state index in [4.69, 9.17) is 0 Å². The van der Waals surface area contributed by atoms with Crippen LogP contribution in [0.5, 0.6) is 0 Å². The van der Waals surface area contributed by atoms with Crippen LogP contribution in [0.4, 0.5) is 10.1 Å². The third-order valence-corrected chi connectivity index (χ3v) is 2.71. The first-order chi connectivity index (χ1) is 7.50. The first-order valence-electron chi connectivity index (χ1n) is 5.01. The standard InChI is InChI=1S/C11H16BrFN2O/c1-15(2)7-8(16)6-14-11-9(12)4-3-5-10(11)13/h3-5,8,14,16H,6-7H2,1-2H3. The lowest BCUT2D eigenvalue weighted by Gasteiger charge is -2.17. The van der Waals surface area contributed by atoms with Crippen LogP contribution >= 0.6 is 15.9 Å². The smallest absolute Gasteiger partial charge is 0.147 e. The van der Waals surface area contributed by atoms with Gasteiger partial charge in [0.15, 0.2) is 0 Å². The molecule has 1 atom stereocenters. The third-order valence-electron chi connectivity index (χ3n) is 2.05. The Morgan fingerprint density at radius 1 is 1.50 bits per heavy atom. The Balaban J connectivity index is 2.54. The molecule has 0 saturated heterocycles. The van der Waals surface area contributed by atoms with E-state index in [9.17, 15) is 9.50 Å². The number of para-hydroxylation sites is 1. The molecule has 5 heteroatoms. The van der Waals surface area contributed by atoms with Gasteiger partial charge in [-0.3, -0.25) is 0 Å².